The fourth-order valence-corrected chi connectivity index (χ4v) is 1.88. The number of nitrogens with one attached hydrogen (secondary N) is 1. The average Bonchev–Trinajstić information content (AvgIpc) is 2.29. The number of hydroxylamine groups is 1. The maximum absolute atomic E-state index is 11.6. The summed E-state index contributed by atoms with van der Waals surface area (Å²) in [5.41, 5.74) is 0.605. The number of benzene rings is 1. The number of carbonyl (C=O) groups is 1. The molecule has 1 amide bonds. The highest BCUT2D eigenvalue weighted by Crippen LogP contribution is 2.28. The molecule has 3 N–H and O–H groups in total. The molecule has 0 aliphatic carbocycles. The second-order valence-electron chi connectivity index (χ2n) is 3.54. The summed E-state index contributed by atoms with van der Waals surface area (Å²) in [6, 6.07) is 7.86. The largest absolute Gasteiger partial charge is 0.429 e. The van der Waals surface area contributed by atoms with Crippen LogP contribution in [0.5, 0.6) is 0 Å². The molecule has 0 aliphatic heterocycles. The van der Waals surface area contributed by atoms with E-state index in [0.717, 1.165) is 0 Å². The predicted molar refractivity (Wildman–Crippen MR) is 65.6 cm³/mol. The Morgan fingerprint density at radius 3 is 2.39 bits per heavy atom. The van der Waals surface area contributed by atoms with Crippen molar-refractivity contribution in [2.24, 2.45) is 0 Å². The van der Waals surface area contributed by atoms with Gasteiger partial charge >= 0.3 is 7.75 Å². The Hall–Kier alpha value is -1.40. The minimum absolute atomic E-state index is 0.605. The number of carbonyl (C=O) groups excluding carboxylic acids is 1. The molecule has 0 saturated heterocycles. The van der Waals surface area contributed by atoms with Crippen molar-refractivity contribution in [3.8, 4) is 0 Å². The van der Waals surface area contributed by atoms with Crippen molar-refractivity contribution in [2.75, 3.05) is 12.2 Å². The fourth-order valence-electron chi connectivity index (χ4n) is 1.41. The number of hydrogen-bond donors (Lipinski definition) is 3. The van der Waals surface area contributed by atoms with E-state index in [1.807, 2.05) is 0 Å². The molecule has 8 heteroatoms. The van der Waals surface area contributed by atoms with Crippen LogP contribution in [-0.4, -0.2) is 28.8 Å². The van der Waals surface area contributed by atoms with Crippen molar-refractivity contribution in [1.82, 2.24) is 5.09 Å². The van der Waals surface area contributed by atoms with Gasteiger partial charge < -0.3 is 9.79 Å². The second-order valence-corrected chi connectivity index (χ2v) is 4.85. The molecule has 1 aromatic rings. The summed E-state index contributed by atoms with van der Waals surface area (Å²) in [6.07, 6.45) is 0. The van der Waals surface area contributed by atoms with Crippen LogP contribution >= 0.6 is 7.75 Å². The third kappa shape index (κ3) is 4.12. The van der Waals surface area contributed by atoms with Gasteiger partial charge in [-0.05, 0) is 19.1 Å². The lowest BCUT2D eigenvalue weighted by atomic mass is 10.2. The predicted octanol–water partition coefficient (Wildman–Crippen LogP) is 0.652. The Morgan fingerprint density at radius 2 is 1.94 bits per heavy atom. The van der Waals surface area contributed by atoms with Crippen molar-refractivity contribution < 1.29 is 24.0 Å². The Morgan fingerprint density at radius 1 is 1.39 bits per heavy atom. The second kappa shape index (κ2) is 5.97. The molecule has 0 heterocycles. The molecule has 0 fully saturated rings. The first kappa shape index (κ1) is 14.7. The zero-order valence-electron chi connectivity index (χ0n) is 9.98. The van der Waals surface area contributed by atoms with Gasteiger partial charge in [0, 0.05) is 0 Å². The average molecular weight is 274 g/mol. The Kier molecular flexibility index (Phi) is 4.86. The summed E-state index contributed by atoms with van der Waals surface area (Å²) in [4.78, 5) is 34.0. The van der Waals surface area contributed by atoms with Crippen molar-refractivity contribution in [1.29, 1.82) is 0 Å². The van der Waals surface area contributed by atoms with E-state index in [1.54, 1.807) is 35.4 Å². The van der Waals surface area contributed by atoms with Gasteiger partial charge in [-0.2, -0.15) is 0 Å². The van der Waals surface area contributed by atoms with Crippen LogP contribution in [0.25, 0.3) is 0 Å². The van der Waals surface area contributed by atoms with Gasteiger partial charge in [-0.25, -0.2) is 9.63 Å². The van der Waals surface area contributed by atoms with Crippen LogP contribution < -0.4 is 10.2 Å². The highest BCUT2D eigenvalue weighted by molar-refractivity contribution is 7.50. The summed E-state index contributed by atoms with van der Waals surface area (Å²) in [5.74, 6) is -0.825. The van der Waals surface area contributed by atoms with E-state index in [4.69, 9.17) is 14.6 Å². The Bertz CT molecular complexity index is 447. The lowest BCUT2D eigenvalue weighted by Crippen LogP contribution is -2.43. The van der Waals surface area contributed by atoms with Crippen molar-refractivity contribution >= 4 is 19.3 Å². The molecule has 0 unspecified atom stereocenters. The van der Waals surface area contributed by atoms with Gasteiger partial charge in [-0.3, -0.25) is 14.7 Å². The molecule has 18 heavy (non-hydrogen) atoms. The first-order chi connectivity index (χ1) is 8.35. The minimum atomic E-state index is -4.60. The molecule has 100 valence electrons. The summed E-state index contributed by atoms with van der Waals surface area (Å²) in [6.45, 7) is 1.47. The fraction of sp³-hybridized carbons (Fsp3) is 0.300. The molecule has 0 spiro atoms. The monoisotopic (exact) mass is 274 g/mol. The lowest BCUT2D eigenvalue weighted by molar-refractivity contribution is -0.122. The number of para-hydroxylation sites is 1. The van der Waals surface area contributed by atoms with Gasteiger partial charge in [-0.1, -0.05) is 18.2 Å². The third-order valence-corrected chi connectivity index (χ3v) is 2.71. The summed E-state index contributed by atoms with van der Waals surface area (Å²) < 4.78 is 10.7. The molecule has 1 rings (SSSR count). The van der Waals surface area contributed by atoms with Gasteiger partial charge in [0.05, 0.1) is 12.8 Å². The zero-order chi connectivity index (χ0) is 13.8. The molecule has 1 aromatic carbocycles. The minimum Gasteiger partial charge on any atom is -0.308 e. The van der Waals surface area contributed by atoms with E-state index < -0.39 is 19.7 Å². The SMILES string of the molecule is CON(c1ccccc1)[C@@H](C)C(=O)NP(=O)(O)O. The van der Waals surface area contributed by atoms with Crippen LogP contribution in [0.3, 0.4) is 0 Å². The first-order valence-corrected chi connectivity index (χ1v) is 6.72. The summed E-state index contributed by atoms with van der Waals surface area (Å²) in [7, 11) is -3.23. The van der Waals surface area contributed by atoms with E-state index in [9.17, 15) is 9.36 Å². The van der Waals surface area contributed by atoms with Crippen LogP contribution in [-0.2, 0) is 14.2 Å². The van der Waals surface area contributed by atoms with Crippen molar-refractivity contribution in [3.05, 3.63) is 30.3 Å². The van der Waals surface area contributed by atoms with Crippen LogP contribution in [0.15, 0.2) is 30.3 Å². The van der Waals surface area contributed by atoms with Gasteiger partial charge in [0.1, 0.15) is 6.04 Å². The van der Waals surface area contributed by atoms with Gasteiger partial charge in [0.15, 0.2) is 0 Å². The molecule has 0 aromatic heterocycles. The maximum Gasteiger partial charge on any atom is 0.429 e. The number of amides is 1. The van der Waals surface area contributed by atoms with E-state index in [-0.39, 0.29) is 0 Å². The van der Waals surface area contributed by atoms with E-state index >= 15 is 0 Å². The van der Waals surface area contributed by atoms with Crippen LogP contribution in [0.2, 0.25) is 0 Å². The highest BCUT2D eigenvalue weighted by Gasteiger charge is 2.27. The molecule has 0 radical (unpaired) electrons. The third-order valence-electron chi connectivity index (χ3n) is 2.19. The van der Waals surface area contributed by atoms with E-state index in [1.165, 1.54) is 19.1 Å². The summed E-state index contributed by atoms with van der Waals surface area (Å²) in [5, 5.41) is 2.86. The molecular formula is C10H15N2O5P. The first-order valence-electron chi connectivity index (χ1n) is 5.11. The number of rotatable bonds is 5. The summed E-state index contributed by atoms with van der Waals surface area (Å²) >= 11 is 0. The van der Waals surface area contributed by atoms with E-state index in [0.29, 0.717) is 5.69 Å². The van der Waals surface area contributed by atoms with E-state index in [2.05, 4.69) is 0 Å². The van der Waals surface area contributed by atoms with Gasteiger partial charge in [0.2, 0.25) is 0 Å². The Labute approximate surface area is 105 Å². The maximum atomic E-state index is 11.6. The topological polar surface area (TPSA) is 99.1 Å². The normalized spacial score (nSPS) is 12.9. The van der Waals surface area contributed by atoms with Gasteiger partial charge in [0.25, 0.3) is 5.91 Å². The van der Waals surface area contributed by atoms with Crippen molar-refractivity contribution in [3.63, 3.8) is 0 Å². The molecule has 1 atom stereocenters. The Balaban J connectivity index is 2.83. The standard InChI is InChI=1S/C10H15N2O5P/c1-8(10(13)11-18(14,15)16)12(17-2)9-6-4-3-5-7-9/h3-8H,1-2H3,(H3,11,13,14,15,16)/t8-/m0/s1. The number of nitrogens with zero attached hydrogens (tertiary/aromatic N) is 1. The quantitative estimate of drug-likeness (QED) is 0.538. The molecule has 0 saturated carbocycles. The molecule has 0 bridgehead atoms. The lowest BCUT2D eigenvalue weighted by Gasteiger charge is -2.27. The number of hydrogen-bond acceptors (Lipinski definition) is 4. The van der Waals surface area contributed by atoms with Gasteiger partial charge in [-0.15, -0.1) is 0 Å². The molecular weight excluding hydrogens is 259 g/mol. The molecule has 0 aliphatic rings. The van der Waals surface area contributed by atoms with Crippen LogP contribution in [0.4, 0.5) is 5.69 Å². The van der Waals surface area contributed by atoms with Crippen LogP contribution in [0.1, 0.15) is 6.92 Å². The molecule has 7 nitrogen and oxygen atoms in total. The smallest absolute Gasteiger partial charge is 0.308 e. The van der Waals surface area contributed by atoms with Crippen LogP contribution in [0, 0.1) is 0 Å². The highest BCUT2D eigenvalue weighted by atomic mass is 31.2. The zero-order valence-corrected chi connectivity index (χ0v) is 10.9. The van der Waals surface area contributed by atoms with Crippen molar-refractivity contribution in [2.45, 2.75) is 13.0 Å². The number of anilines is 1.